The lowest BCUT2D eigenvalue weighted by atomic mass is 9.48. The largest absolute Gasteiger partial charge is 0.310 e. The fraction of sp³-hybridized carbons (Fsp3) is 0.220. The Morgan fingerprint density at radius 3 is 1.92 bits per heavy atom. The highest BCUT2D eigenvalue weighted by atomic mass is 32.1. The molecule has 61 heavy (non-hydrogen) atoms. The first-order valence-corrected chi connectivity index (χ1v) is 23.4. The first-order chi connectivity index (χ1) is 29.9. The molecule has 2 heteroatoms. The number of thiophene rings is 1. The summed E-state index contributed by atoms with van der Waals surface area (Å²) >= 11 is 1.96. The van der Waals surface area contributed by atoms with Crippen molar-refractivity contribution >= 4 is 59.3 Å². The molecular formula is C59H49NS. The Balaban J connectivity index is 0.995. The van der Waals surface area contributed by atoms with Gasteiger partial charge in [-0.3, -0.25) is 0 Å². The predicted octanol–water partition coefficient (Wildman–Crippen LogP) is 16.8. The zero-order chi connectivity index (χ0) is 40.5. The van der Waals surface area contributed by atoms with Crippen molar-refractivity contribution in [3.05, 3.63) is 187 Å². The van der Waals surface area contributed by atoms with E-state index in [1.807, 2.05) is 11.3 Å². The molecule has 1 heterocycles. The van der Waals surface area contributed by atoms with Crippen LogP contribution in [0.2, 0.25) is 0 Å². The van der Waals surface area contributed by atoms with E-state index in [-0.39, 0.29) is 5.41 Å². The molecule has 1 aromatic heterocycles. The minimum absolute atomic E-state index is 0.101. The highest BCUT2D eigenvalue weighted by Crippen LogP contribution is 2.61. The third-order valence-corrected chi connectivity index (χ3v) is 16.7. The molecule has 4 saturated carbocycles. The van der Waals surface area contributed by atoms with Gasteiger partial charge in [-0.25, -0.2) is 0 Å². The van der Waals surface area contributed by atoms with Crippen molar-refractivity contribution < 1.29 is 0 Å². The van der Waals surface area contributed by atoms with E-state index >= 15 is 0 Å². The van der Waals surface area contributed by atoms with E-state index < -0.39 is 0 Å². The second kappa shape index (κ2) is 13.3. The summed E-state index contributed by atoms with van der Waals surface area (Å²) in [5.41, 5.74) is 15.9. The number of fused-ring (bicyclic) bond motifs is 7. The molecule has 0 atom stereocenters. The average molecular weight is 804 g/mol. The molecule has 8 aromatic carbocycles. The van der Waals surface area contributed by atoms with Crippen LogP contribution >= 0.6 is 11.3 Å². The van der Waals surface area contributed by atoms with Gasteiger partial charge in [-0.15, -0.1) is 11.3 Å². The predicted molar refractivity (Wildman–Crippen MR) is 260 cm³/mol. The van der Waals surface area contributed by atoms with Gasteiger partial charge in [0.25, 0.3) is 0 Å². The van der Waals surface area contributed by atoms with Gasteiger partial charge in [0.15, 0.2) is 0 Å². The topological polar surface area (TPSA) is 3.24 Å². The standard InChI is InChI=1S/C59H49NS/c1-58(2)51-21-7-6-18-49(51)57-52(58)22-11-23-53(57)60(44-17-8-16-42(31-44)47-20-10-15-41-14-9-19-46(56(41)47)40-12-4-3-5-13-40)45-25-26-48-50-32-43(24-27-54(50)61-55(48)33-45)59-34-37-28-38(35-59)30-39(29-37)36-59/h3-27,31-33,37-39H,28-30,34-36H2,1-2H3. The molecule has 4 fully saturated rings. The maximum Gasteiger partial charge on any atom is 0.0543 e. The van der Waals surface area contributed by atoms with Crippen molar-refractivity contribution in [1.82, 2.24) is 0 Å². The molecule has 5 aliphatic carbocycles. The Bertz CT molecular complexity index is 3180. The lowest BCUT2D eigenvalue weighted by molar-refractivity contribution is -0.00512. The van der Waals surface area contributed by atoms with Crippen LogP contribution in [0.4, 0.5) is 17.1 Å². The number of hydrogen-bond acceptors (Lipinski definition) is 2. The van der Waals surface area contributed by atoms with Crippen LogP contribution in [0.15, 0.2) is 170 Å². The second-order valence-electron chi connectivity index (χ2n) is 19.5. The quantitative estimate of drug-likeness (QED) is 0.162. The third-order valence-electron chi connectivity index (χ3n) is 15.6. The van der Waals surface area contributed by atoms with Crippen LogP contribution in [0, 0.1) is 17.8 Å². The summed E-state index contributed by atoms with van der Waals surface area (Å²) in [6, 6.07) is 64.6. The van der Waals surface area contributed by atoms with Crippen molar-refractivity contribution in [2.24, 2.45) is 17.8 Å². The molecule has 5 aliphatic rings. The van der Waals surface area contributed by atoms with E-state index in [0.717, 1.165) is 23.4 Å². The molecule has 0 spiro atoms. The Labute approximate surface area is 363 Å². The molecule has 4 bridgehead atoms. The summed E-state index contributed by atoms with van der Waals surface area (Å²) in [5.74, 6) is 2.82. The van der Waals surface area contributed by atoms with Gasteiger partial charge < -0.3 is 4.90 Å². The lowest BCUT2D eigenvalue weighted by Gasteiger charge is -2.57. The van der Waals surface area contributed by atoms with Gasteiger partial charge in [0.1, 0.15) is 0 Å². The maximum absolute atomic E-state index is 2.62. The third kappa shape index (κ3) is 5.44. The minimum Gasteiger partial charge on any atom is -0.310 e. The van der Waals surface area contributed by atoms with Crippen molar-refractivity contribution in [3.8, 4) is 33.4 Å². The first kappa shape index (κ1) is 35.8. The maximum atomic E-state index is 2.62. The molecule has 0 radical (unpaired) electrons. The summed E-state index contributed by atoms with van der Waals surface area (Å²) in [7, 11) is 0. The smallest absolute Gasteiger partial charge is 0.0543 e. The summed E-state index contributed by atoms with van der Waals surface area (Å²) in [4.78, 5) is 2.55. The van der Waals surface area contributed by atoms with Gasteiger partial charge >= 0.3 is 0 Å². The monoisotopic (exact) mass is 803 g/mol. The van der Waals surface area contributed by atoms with Crippen molar-refractivity contribution in [1.29, 1.82) is 0 Å². The molecule has 0 aliphatic heterocycles. The summed E-state index contributed by atoms with van der Waals surface area (Å²) in [6.07, 6.45) is 8.65. The van der Waals surface area contributed by atoms with E-state index in [2.05, 4.69) is 189 Å². The normalized spacial score (nSPS) is 21.9. The number of hydrogen-bond donors (Lipinski definition) is 0. The summed E-state index contributed by atoms with van der Waals surface area (Å²) < 4.78 is 2.75. The van der Waals surface area contributed by atoms with Crippen LogP contribution in [0.25, 0.3) is 64.3 Å². The molecule has 0 amide bonds. The fourth-order valence-corrected chi connectivity index (χ4v) is 14.4. The van der Waals surface area contributed by atoms with Gasteiger partial charge in [0, 0.05) is 42.5 Å². The molecule has 296 valence electrons. The number of benzene rings is 8. The minimum atomic E-state index is -0.101. The van der Waals surface area contributed by atoms with Crippen molar-refractivity contribution in [3.63, 3.8) is 0 Å². The average Bonchev–Trinajstić information content (AvgIpc) is 3.77. The van der Waals surface area contributed by atoms with Gasteiger partial charge in [0.05, 0.1) is 5.69 Å². The van der Waals surface area contributed by atoms with E-state index in [1.165, 1.54) is 125 Å². The molecule has 0 saturated heterocycles. The van der Waals surface area contributed by atoms with E-state index in [9.17, 15) is 0 Å². The van der Waals surface area contributed by atoms with Gasteiger partial charge in [-0.05, 0) is 159 Å². The number of nitrogens with zero attached hydrogens (tertiary/aromatic N) is 1. The second-order valence-corrected chi connectivity index (χ2v) is 20.6. The van der Waals surface area contributed by atoms with Crippen LogP contribution in [-0.2, 0) is 10.8 Å². The fourth-order valence-electron chi connectivity index (χ4n) is 13.3. The van der Waals surface area contributed by atoms with Crippen molar-refractivity contribution in [2.75, 3.05) is 4.90 Å². The molecule has 0 N–H and O–H groups in total. The Hall–Kier alpha value is -5.96. The first-order valence-electron chi connectivity index (χ1n) is 22.6. The zero-order valence-corrected chi connectivity index (χ0v) is 35.8. The molecule has 1 nitrogen and oxygen atoms in total. The van der Waals surface area contributed by atoms with E-state index in [0.29, 0.717) is 5.41 Å². The SMILES string of the molecule is CC1(C)c2ccccc2-c2c(N(c3cccc(-c4cccc5cccc(-c6ccccc6)c45)c3)c3ccc4c(c3)sc3ccc(C56CC7CC(CC(C7)C5)C6)cc34)cccc21. The molecule has 14 rings (SSSR count). The summed E-state index contributed by atoms with van der Waals surface area (Å²) in [6.45, 7) is 4.77. The van der Waals surface area contributed by atoms with Gasteiger partial charge in [-0.1, -0.05) is 141 Å². The van der Waals surface area contributed by atoms with E-state index in [4.69, 9.17) is 0 Å². The van der Waals surface area contributed by atoms with E-state index in [1.54, 1.807) is 5.56 Å². The Morgan fingerprint density at radius 1 is 0.492 bits per heavy atom. The van der Waals surface area contributed by atoms with Crippen LogP contribution in [0.5, 0.6) is 0 Å². The highest BCUT2D eigenvalue weighted by molar-refractivity contribution is 7.25. The Kier molecular flexibility index (Phi) is 7.78. The van der Waals surface area contributed by atoms with Gasteiger partial charge in [-0.2, -0.15) is 0 Å². The highest BCUT2D eigenvalue weighted by Gasteiger charge is 2.51. The van der Waals surface area contributed by atoms with Crippen LogP contribution in [0.1, 0.15) is 69.1 Å². The van der Waals surface area contributed by atoms with Crippen LogP contribution in [-0.4, -0.2) is 0 Å². The number of rotatable bonds is 6. The summed E-state index contributed by atoms with van der Waals surface area (Å²) in [5, 5.41) is 5.37. The lowest BCUT2D eigenvalue weighted by Crippen LogP contribution is -2.48. The molecular weight excluding hydrogens is 755 g/mol. The Morgan fingerprint density at radius 2 is 1.13 bits per heavy atom. The van der Waals surface area contributed by atoms with Crippen LogP contribution in [0.3, 0.4) is 0 Å². The molecule has 0 unspecified atom stereocenters. The van der Waals surface area contributed by atoms with Crippen LogP contribution < -0.4 is 4.90 Å². The van der Waals surface area contributed by atoms with Gasteiger partial charge in [0.2, 0.25) is 0 Å². The van der Waals surface area contributed by atoms with Crippen molar-refractivity contribution in [2.45, 2.75) is 63.2 Å². The number of anilines is 3. The zero-order valence-electron chi connectivity index (χ0n) is 35.0. The molecule has 9 aromatic rings.